The summed E-state index contributed by atoms with van der Waals surface area (Å²) in [6.45, 7) is 3.94. The highest BCUT2D eigenvalue weighted by Gasteiger charge is 2.08. The Morgan fingerprint density at radius 3 is 2.73 bits per heavy atom. The van der Waals surface area contributed by atoms with Gasteiger partial charge in [-0.2, -0.15) is 0 Å². The molecule has 1 rings (SSSR count). The molecule has 0 aromatic rings. The summed E-state index contributed by atoms with van der Waals surface area (Å²) in [7, 11) is 0. The Hall–Kier alpha value is 0.560. The van der Waals surface area contributed by atoms with Crippen LogP contribution in [0.2, 0.25) is 0 Å². The molecule has 2 nitrogen and oxygen atoms in total. The van der Waals surface area contributed by atoms with Crippen molar-refractivity contribution < 1.29 is 4.74 Å². The van der Waals surface area contributed by atoms with Crippen LogP contribution in [0.3, 0.4) is 0 Å². The van der Waals surface area contributed by atoms with Gasteiger partial charge in [0.1, 0.15) is 0 Å². The highest BCUT2D eigenvalue weighted by atomic mass is 35.5. The molecule has 1 fully saturated rings. The van der Waals surface area contributed by atoms with Crippen LogP contribution >= 0.6 is 23.4 Å². The van der Waals surface area contributed by atoms with Gasteiger partial charge < -0.3 is 4.74 Å². The Morgan fingerprint density at radius 2 is 2.09 bits per heavy atom. The highest BCUT2D eigenvalue weighted by Crippen LogP contribution is 2.06. The minimum Gasteiger partial charge on any atom is -0.379 e. The average molecular weight is 196 g/mol. The van der Waals surface area contributed by atoms with Crippen LogP contribution in [0, 0.1) is 0 Å². The molecule has 0 aliphatic carbocycles. The van der Waals surface area contributed by atoms with Gasteiger partial charge in [0.05, 0.1) is 13.2 Å². The van der Waals surface area contributed by atoms with E-state index in [1.165, 1.54) is 0 Å². The molecule has 4 heteroatoms. The molecule has 11 heavy (non-hydrogen) atoms. The summed E-state index contributed by atoms with van der Waals surface area (Å²) < 4.78 is 5.23. The number of halogens is 1. The highest BCUT2D eigenvalue weighted by molar-refractivity contribution is 7.99. The summed E-state index contributed by atoms with van der Waals surface area (Å²) in [6.07, 6.45) is 0. The maximum absolute atomic E-state index is 5.56. The lowest BCUT2D eigenvalue weighted by Gasteiger charge is -2.25. The van der Waals surface area contributed by atoms with E-state index in [1.54, 1.807) is 0 Å². The van der Waals surface area contributed by atoms with E-state index in [4.69, 9.17) is 16.3 Å². The molecule has 0 saturated carbocycles. The Labute approximate surface area is 77.2 Å². The zero-order valence-corrected chi connectivity index (χ0v) is 8.16. The molecule has 1 saturated heterocycles. The van der Waals surface area contributed by atoms with Crippen molar-refractivity contribution in [3.8, 4) is 0 Å². The second-order valence-electron chi connectivity index (χ2n) is 2.46. The minimum absolute atomic E-state index is 0.759. The quantitative estimate of drug-likeness (QED) is 0.495. The Morgan fingerprint density at radius 1 is 1.36 bits per heavy atom. The second-order valence-corrected chi connectivity index (χ2v) is 3.91. The van der Waals surface area contributed by atoms with E-state index >= 15 is 0 Å². The van der Waals surface area contributed by atoms with Crippen LogP contribution in [0.15, 0.2) is 0 Å². The topological polar surface area (TPSA) is 12.5 Å². The van der Waals surface area contributed by atoms with E-state index in [9.17, 15) is 0 Å². The summed E-state index contributed by atoms with van der Waals surface area (Å²) in [5, 5.41) is 0. The molecular weight excluding hydrogens is 182 g/mol. The van der Waals surface area contributed by atoms with Gasteiger partial charge in [0.2, 0.25) is 0 Å². The number of ether oxygens (including phenoxy) is 1. The van der Waals surface area contributed by atoms with Crippen LogP contribution < -0.4 is 0 Å². The van der Waals surface area contributed by atoms with E-state index in [1.807, 2.05) is 11.8 Å². The largest absolute Gasteiger partial charge is 0.379 e. The smallest absolute Gasteiger partial charge is 0.0594 e. The predicted octanol–water partition coefficient (Wildman–Crippen LogP) is 1.25. The third-order valence-corrected chi connectivity index (χ3v) is 3.05. The zero-order chi connectivity index (χ0) is 7.94. The van der Waals surface area contributed by atoms with Crippen LogP contribution in [-0.2, 0) is 4.74 Å². The van der Waals surface area contributed by atoms with Crippen LogP contribution in [0.4, 0.5) is 0 Å². The number of nitrogens with zero attached hydrogens (tertiary/aromatic N) is 1. The van der Waals surface area contributed by atoms with E-state index in [0.717, 1.165) is 43.8 Å². The molecule has 0 atom stereocenters. The van der Waals surface area contributed by atoms with Crippen LogP contribution in [0.5, 0.6) is 0 Å². The molecule has 1 aliphatic rings. The predicted molar refractivity (Wildman–Crippen MR) is 50.4 cm³/mol. The first-order valence-electron chi connectivity index (χ1n) is 3.87. The molecule has 0 radical (unpaired) electrons. The first-order valence-corrected chi connectivity index (χ1v) is 5.56. The fourth-order valence-corrected chi connectivity index (χ4v) is 2.06. The van der Waals surface area contributed by atoms with Gasteiger partial charge in [-0.1, -0.05) is 0 Å². The van der Waals surface area contributed by atoms with Crippen LogP contribution in [0.25, 0.3) is 0 Å². The van der Waals surface area contributed by atoms with Gasteiger partial charge in [-0.25, -0.2) is 0 Å². The molecule has 0 bridgehead atoms. The van der Waals surface area contributed by atoms with Gasteiger partial charge in [-0.15, -0.1) is 23.4 Å². The molecule has 0 aromatic carbocycles. The van der Waals surface area contributed by atoms with Gasteiger partial charge in [0.15, 0.2) is 0 Å². The van der Waals surface area contributed by atoms with Crippen molar-refractivity contribution in [2.75, 3.05) is 43.8 Å². The molecule has 0 unspecified atom stereocenters. The van der Waals surface area contributed by atoms with Crippen molar-refractivity contribution in [1.29, 1.82) is 0 Å². The fourth-order valence-electron chi connectivity index (χ4n) is 0.978. The number of rotatable bonds is 4. The number of hydrogen-bond donors (Lipinski definition) is 0. The van der Waals surface area contributed by atoms with Gasteiger partial charge in [-0.3, -0.25) is 4.90 Å². The second kappa shape index (κ2) is 6.12. The average Bonchev–Trinajstić information content (AvgIpc) is 2.07. The first kappa shape index (κ1) is 9.65. The minimum atomic E-state index is 0.759. The third-order valence-electron chi connectivity index (χ3n) is 1.60. The molecule has 0 aromatic heterocycles. The first-order chi connectivity index (χ1) is 5.43. The van der Waals surface area contributed by atoms with Gasteiger partial charge >= 0.3 is 0 Å². The maximum Gasteiger partial charge on any atom is 0.0594 e. The van der Waals surface area contributed by atoms with Crippen LogP contribution in [-0.4, -0.2) is 48.7 Å². The summed E-state index contributed by atoms with van der Waals surface area (Å²) in [5.41, 5.74) is 0. The van der Waals surface area contributed by atoms with Crippen molar-refractivity contribution in [1.82, 2.24) is 4.90 Å². The van der Waals surface area contributed by atoms with Gasteiger partial charge in [-0.05, 0) is 0 Å². The lowest BCUT2D eigenvalue weighted by atomic mass is 10.5. The molecular formula is C7H14ClNOS. The van der Waals surface area contributed by atoms with E-state index in [0.29, 0.717) is 0 Å². The van der Waals surface area contributed by atoms with Crippen molar-refractivity contribution in [2.45, 2.75) is 0 Å². The zero-order valence-electron chi connectivity index (χ0n) is 6.59. The number of thioether (sulfide) groups is 1. The normalized spacial score (nSPS) is 20.5. The van der Waals surface area contributed by atoms with E-state index in [-0.39, 0.29) is 0 Å². The Bertz CT molecular complexity index is 98.4. The molecule has 0 amide bonds. The van der Waals surface area contributed by atoms with Crippen molar-refractivity contribution in [2.24, 2.45) is 0 Å². The summed E-state index contributed by atoms with van der Waals surface area (Å²) >= 11 is 7.45. The Balaban J connectivity index is 1.96. The SMILES string of the molecule is ClCCSCN1CCOCC1. The number of hydrogen-bond acceptors (Lipinski definition) is 3. The maximum atomic E-state index is 5.56. The summed E-state index contributed by atoms with van der Waals surface area (Å²) in [4.78, 5) is 2.40. The monoisotopic (exact) mass is 195 g/mol. The molecule has 66 valence electrons. The molecule has 0 N–H and O–H groups in total. The Kier molecular flexibility index (Phi) is 5.37. The lowest BCUT2D eigenvalue weighted by Crippen LogP contribution is -2.35. The number of alkyl halides is 1. The van der Waals surface area contributed by atoms with Crippen LogP contribution in [0.1, 0.15) is 0 Å². The van der Waals surface area contributed by atoms with E-state index < -0.39 is 0 Å². The number of morpholine rings is 1. The molecule has 0 spiro atoms. The van der Waals surface area contributed by atoms with Gasteiger partial charge in [0.25, 0.3) is 0 Å². The molecule has 1 aliphatic heterocycles. The summed E-state index contributed by atoms with van der Waals surface area (Å²) in [5.74, 6) is 2.92. The van der Waals surface area contributed by atoms with Crippen molar-refractivity contribution in [3.63, 3.8) is 0 Å². The summed E-state index contributed by atoms with van der Waals surface area (Å²) in [6, 6.07) is 0. The third kappa shape index (κ3) is 4.21. The fraction of sp³-hybridized carbons (Fsp3) is 1.00. The van der Waals surface area contributed by atoms with Crippen molar-refractivity contribution >= 4 is 23.4 Å². The standard InChI is InChI=1S/C7H14ClNOS/c8-1-6-11-7-9-2-4-10-5-3-9/h1-7H2. The molecule has 1 heterocycles. The lowest BCUT2D eigenvalue weighted by molar-refractivity contribution is 0.0474. The van der Waals surface area contributed by atoms with Gasteiger partial charge in [0, 0.05) is 30.6 Å². The van der Waals surface area contributed by atoms with Crippen molar-refractivity contribution in [3.05, 3.63) is 0 Å². The van der Waals surface area contributed by atoms with E-state index in [2.05, 4.69) is 4.90 Å².